The van der Waals surface area contributed by atoms with Gasteiger partial charge in [0.05, 0.1) is 5.02 Å². The van der Waals surface area contributed by atoms with Gasteiger partial charge < -0.3 is 0 Å². The fourth-order valence-corrected chi connectivity index (χ4v) is 3.73. The largest absolute Gasteiger partial charge is 0.242 e. The number of hydrogen-bond acceptors (Lipinski definition) is 4. The summed E-state index contributed by atoms with van der Waals surface area (Å²) in [5.41, 5.74) is 0. The lowest BCUT2D eigenvalue weighted by atomic mass is 10.3. The standard InChI is InChI=1S/C10H14Cl2N2O2S2/c1-3-7(6-17-2)14-18(15,16)8-4-9(11)10(12)13-5-8/h4-5,7,14H,3,6H2,1-2H3. The first-order valence-corrected chi connectivity index (χ1v) is 8.86. The summed E-state index contributed by atoms with van der Waals surface area (Å²) in [5, 5.41) is 0.212. The van der Waals surface area contributed by atoms with E-state index in [4.69, 9.17) is 23.2 Å². The van der Waals surface area contributed by atoms with Gasteiger partial charge in [-0.2, -0.15) is 11.8 Å². The molecular weight excluding hydrogens is 315 g/mol. The molecule has 18 heavy (non-hydrogen) atoms. The Morgan fingerprint density at radius 2 is 2.17 bits per heavy atom. The Morgan fingerprint density at radius 3 is 2.67 bits per heavy atom. The van der Waals surface area contributed by atoms with Crippen LogP contribution in [0.25, 0.3) is 0 Å². The van der Waals surface area contributed by atoms with Crippen molar-refractivity contribution in [2.45, 2.75) is 24.3 Å². The van der Waals surface area contributed by atoms with E-state index >= 15 is 0 Å². The third-order valence-electron chi connectivity index (χ3n) is 2.26. The van der Waals surface area contributed by atoms with Gasteiger partial charge in [-0.25, -0.2) is 18.1 Å². The summed E-state index contributed by atoms with van der Waals surface area (Å²) in [4.78, 5) is 3.76. The number of aromatic nitrogens is 1. The quantitative estimate of drug-likeness (QED) is 0.816. The Kier molecular flexibility index (Phi) is 6.20. The Balaban J connectivity index is 2.95. The summed E-state index contributed by atoms with van der Waals surface area (Å²) in [6, 6.07) is 1.19. The molecule has 0 saturated heterocycles. The number of hydrogen-bond donors (Lipinski definition) is 1. The van der Waals surface area contributed by atoms with Crippen molar-refractivity contribution in [1.82, 2.24) is 9.71 Å². The van der Waals surface area contributed by atoms with E-state index in [9.17, 15) is 8.42 Å². The monoisotopic (exact) mass is 328 g/mol. The maximum absolute atomic E-state index is 12.1. The zero-order valence-corrected chi connectivity index (χ0v) is 13.1. The van der Waals surface area contributed by atoms with Gasteiger partial charge in [-0.15, -0.1) is 0 Å². The number of thioether (sulfide) groups is 1. The predicted octanol–water partition coefficient (Wildman–Crippen LogP) is 2.81. The maximum atomic E-state index is 12.1. The van der Waals surface area contributed by atoms with Crippen molar-refractivity contribution in [3.8, 4) is 0 Å². The third-order valence-corrected chi connectivity index (χ3v) is 5.17. The third kappa shape index (κ3) is 4.28. The molecule has 8 heteroatoms. The first-order chi connectivity index (χ1) is 8.40. The molecule has 102 valence electrons. The van der Waals surface area contributed by atoms with Crippen LogP contribution in [0.5, 0.6) is 0 Å². The molecule has 0 aliphatic rings. The predicted molar refractivity (Wildman–Crippen MR) is 77.0 cm³/mol. The molecule has 0 saturated carbocycles. The minimum Gasteiger partial charge on any atom is -0.242 e. The van der Waals surface area contributed by atoms with E-state index in [1.165, 1.54) is 12.3 Å². The van der Waals surface area contributed by atoms with Gasteiger partial charge in [0.2, 0.25) is 10.0 Å². The van der Waals surface area contributed by atoms with Gasteiger partial charge in [0.15, 0.2) is 0 Å². The van der Waals surface area contributed by atoms with E-state index in [2.05, 4.69) is 9.71 Å². The van der Waals surface area contributed by atoms with Gasteiger partial charge in [-0.1, -0.05) is 30.1 Å². The number of rotatable bonds is 6. The fourth-order valence-electron chi connectivity index (χ4n) is 1.27. The number of pyridine rings is 1. The van der Waals surface area contributed by atoms with Gasteiger partial charge >= 0.3 is 0 Å². The highest BCUT2D eigenvalue weighted by atomic mass is 35.5. The van der Waals surface area contributed by atoms with E-state index in [1.807, 2.05) is 13.2 Å². The summed E-state index contributed by atoms with van der Waals surface area (Å²) < 4.78 is 26.8. The van der Waals surface area contributed by atoms with Crippen molar-refractivity contribution < 1.29 is 8.42 Å². The molecule has 1 aromatic heterocycles. The molecular formula is C10H14Cl2N2O2S2. The minimum absolute atomic E-state index is 0.0245. The Hall–Kier alpha value is -0.0100. The molecule has 1 atom stereocenters. The second-order valence-electron chi connectivity index (χ2n) is 3.63. The first-order valence-electron chi connectivity index (χ1n) is 5.23. The highest BCUT2D eigenvalue weighted by Gasteiger charge is 2.20. The Bertz CT molecular complexity index is 509. The van der Waals surface area contributed by atoms with Crippen LogP contribution in [0.3, 0.4) is 0 Å². The Labute approximate surface area is 122 Å². The average molecular weight is 329 g/mol. The second kappa shape index (κ2) is 6.96. The van der Waals surface area contributed by atoms with Crippen LogP contribution in [0.4, 0.5) is 0 Å². The van der Waals surface area contributed by atoms with E-state index in [1.54, 1.807) is 11.8 Å². The molecule has 1 heterocycles. The fraction of sp³-hybridized carbons (Fsp3) is 0.500. The summed E-state index contributed by atoms with van der Waals surface area (Å²) >= 11 is 13.0. The highest BCUT2D eigenvalue weighted by Crippen LogP contribution is 2.22. The molecule has 0 amide bonds. The number of nitrogens with one attached hydrogen (secondary N) is 1. The number of nitrogens with zero attached hydrogens (tertiary/aromatic N) is 1. The van der Waals surface area contributed by atoms with Crippen molar-refractivity contribution in [2.24, 2.45) is 0 Å². The van der Waals surface area contributed by atoms with Crippen molar-refractivity contribution >= 4 is 45.0 Å². The molecule has 4 nitrogen and oxygen atoms in total. The average Bonchev–Trinajstić information content (AvgIpc) is 2.31. The molecule has 0 spiro atoms. The summed E-state index contributed by atoms with van der Waals surface area (Å²) in [5.74, 6) is 0.713. The molecule has 0 bridgehead atoms. The molecule has 1 aromatic rings. The zero-order valence-electron chi connectivity index (χ0n) is 9.98. The summed E-state index contributed by atoms with van der Waals surface area (Å²) in [6.07, 6.45) is 3.84. The van der Waals surface area contributed by atoms with Crippen LogP contribution < -0.4 is 4.72 Å². The normalized spacial score (nSPS) is 13.6. The van der Waals surface area contributed by atoms with Crippen LogP contribution in [0.15, 0.2) is 17.2 Å². The summed E-state index contributed by atoms with van der Waals surface area (Å²) in [7, 11) is -3.60. The van der Waals surface area contributed by atoms with Crippen molar-refractivity contribution in [1.29, 1.82) is 0 Å². The molecule has 0 fully saturated rings. The number of halogens is 2. The van der Waals surface area contributed by atoms with Gasteiger partial charge in [-0.05, 0) is 18.7 Å². The summed E-state index contributed by atoms with van der Waals surface area (Å²) in [6.45, 7) is 1.93. The van der Waals surface area contributed by atoms with Gasteiger partial charge in [-0.3, -0.25) is 0 Å². The second-order valence-corrected chi connectivity index (χ2v) is 7.02. The lowest BCUT2D eigenvalue weighted by Gasteiger charge is -2.15. The zero-order chi connectivity index (χ0) is 13.8. The van der Waals surface area contributed by atoms with E-state index in [-0.39, 0.29) is 21.1 Å². The van der Waals surface area contributed by atoms with E-state index in [0.29, 0.717) is 5.75 Å². The molecule has 0 aliphatic heterocycles. The molecule has 1 N–H and O–H groups in total. The van der Waals surface area contributed by atoms with Crippen LogP contribution in [-0.4, -0.2) is 31.5 Å². The van der Waals surface area contributed by atoms with Crippen LogP contribution in [0.1, 0.15) is 13.3 Å². The van der Waals surface area contributed by atoms with Crippen molar-refractivity contribution in [2.75, 3.05) is 12.0 Å². The van der Waals surface area contributed by atoms with E-state index < -0.39 is 10.0 Å². The van der Waals surface area contributed by atoms with Gasteiger partial charge in [0.1, 0.15) is 10.0 Å². The maximum Gasteiger partial charge on any atom is 0.242 e. The topological polar surface area (TPSA) is 59.1 Å². The van der Waals surface area contributed by atoms with Crippen LogP contribution in [-0.2, 0) is 10.0 Å². The molecule has 0 aliphatic carbocycles. The number of sulfonamides is 1. The molecule has 1 rings (SSSR count). The van der Waals surface area contributed by atoms with Crippen LogP contribution in [0.2, 0.25) is 10.2 Å². The van der Waals surface area contributed by atoms with Crippen LogP contribution in [0, 0.1) is 0 Å². The first kappa shape index (κ1) is 16.0. The minimum atomic E-state index is -3.60. The lowest BCUT2D eigenvalue weighted by Crippen LogP contribution is -2.36. The van der Waals surface area contributed by atoms with Crippen LogP contribution >= 0.6 is 35.0 Å². The Morgan fingerprint density at radius 1 is 1.50 bits per heavy atom. The van der Waals surface area contributed by atoms with Crippen molar-refractivity contribution in [3.05, 3.63) is 22.4 Å². The highest BCUT2D eigenvalue weighted by molar-refractivity contribution is 7.98. The van der Waals surface area contributed by atoms with Gasteiger partial charge in [0, 0.05) is 18.0 Å². The molecule has 1 unspecified atom stereocenters. The molecule has 0 aromatic carbocycles. The smallest absolute Gasteiger partial charge is 0.242 e. The van der Waals surface area contributed by atoms with Gasteiger partial charge in [0.25, 0.3) is 0 Å². The van der Waals surface area contributed by atoms with Crippen molar-refractivity contribution in [3.63, 3.8) is 0 Å². The molecule has 0 radical (unpaired) electrons. The van der Waals surface area contributed by atoms with E-state index in [0.717, 1.165) is 6.42 Å². The lowest BCUT2D eigenvalue weighted by molar-refractivity contribution is 0.558. The SMILES string of the molecule is CCC(CSC)NS(=O)(=O)c1cnc(Cl)c(Cl)c1.